The minimum Gasteiger partial charge on any atom is -0.397 e. The molecule has 4 heteroatoms. The van der Waals surface area contributed by atoms with Crippen LogP contribution < -0.4 is 5.73 Å². The molecular formula is C10H14N4. The monoisotopic (exact) mass is 190 g/mol. The van der Waals surface area contributed by atoms with Crippen LogP contribution in [-0.4, -0.2) is 14.5 Å². The van der Waals surface area contributed by atoms with Gasteiger partial charge in [0.2, 0.25) is 0 Å². The molecule has 2 aromatic rings. The molecule has 0 fully saturated rings. The van der Waals surface area contributed by atoms with Crippen LogP contribution in [0.15, 0.2) is 12.3 Å². The summed E-state index contributed by atoms with van der Waals surface area (Å²) in [7, 11) is 1.99. The van der Waals surface area contributed by atoms with Crippen LogP contribution in [0, 0.1) is 0 Å². The van der Waals surface area contributed by atoms with Crippen molar-refractivity contribution in [2.45, 2.75) is 19.8 Å². The summed E-state index contributed by atoms with van der Waals surface area (Å²) in [5.41, 5.74) is 8.10. The van der Waals surface area contributed by atoms with E-state index < -0.39 is 0 Å². The Morgan fingerprint density at radius 3 is 3.00 bits per heavy atom. The third-order valence-electron chi connectivity index (χ3n) is 2.30. The fourth-order valence-corrected chi connectivity index (χ4v) is 1.59. The van der Waals surface area contributed by atoms with Crippen LogP contribution in [0.4, 0.5) is 5.69 Å². The van der Waals surface area contributed by atoms with Gasteiger partial charge in [-0.05, 0) is 12.5 Å². The van der Waals surface area contributed by atoms with Crippen LogP contribution in [0.3, 0.4) is 0 Å². The highest BCUT2D eigenvalue weighted by molar-refractivity contribution is 5.74. The van der Waals surface area contributed by atoms with Gasteiger partial charge < -0.3 is 10.3 Å². The molecule has 0 saturated heterocycles. The summed E-state index contributed by atoms with van der Waals surface area (Å²) >= 11 is 0. The second-order valence-corrected chi connectivity index (χ2v) is 3.45. The summed E-state index contributed by atoms with van der Waals surface area (Å²) in [6.07, 6.45) is 3.74. The van der Waals surface area contributed by atoms with Crippen LogP contribution >= 0.6 is 0 Å². The number of imidazole rings is 1. The van der Waals surface area contributed by atoms with Gasteiger partial charge in [-0.3, -0.25) is 0 Å². The second kappa shape index (κ2) is 3.29. The number of nitrogens with two attached hydrogens (primary N) is 1. The number of hydrogen-bond acceptors (Lipinski definition) is 3. The highest BCUT2D eigenvalue weighted by atomic mass is 15.1. The molecule has 0 aliphatic heterocycles. The first-order chi connectivity index (χ1) is 6.72. The van der Waals surface area contributed by atoms with Gasteiger partial charge in [-0.15, -0.1) is 0 Å². The molecule has 0 spiro atoms. The van der Waals surface area contributed by atoms with E-state index in [1.165, 1.54) is 0 Å². The Hall–Kier alpha value is -1.58. The zero-order valence-electron chi connectivity index (χ0n) is 8.49. The number of aromatic nitrogens is 3. The Kier molecular flexibility index (Phi) is 2.11. The molecule has 14 heavy (non-hydrogen) atoms. The summed E-state index contributed by atoms with van der Waals surface area (Å²) < 4.78 is 2.03. The van der Waals surface area contributed by atoms with Crippen LogP contribution in [0.2, 0.25) is 0 Å². The van der Waals surface area contributed by atoms with Crippen LogP contribution in [0.5, 0.6) is 0 Å². The number of anilines is 1. The van der Waals surface area contributed by atoms with E-state index >= 15 is 0 Å². The Balaban J connectivity index is 2.61. The zero-order valence-corrected chi connectivity index (χ0v) is 8.49. The number of nitrogens with zero attached hydrogens (tertiary/aromatic N) is 3. The third kappa shape index (κ3) is 1.32. The van der Waals surface area contributed by atoms with E-state index in [1.54, 1.807) is 6.20 Å². The quantitative estimate of drug-likeness (QED) is 0.780. The zero-order chi connectivity index (χ0) is 10.1. The maximum atomic E-state index is 5.65. The first-order valence-electron chi connectivity index (χ1n) is 4.79. The predicted molar refractivity (Wildman–Crippen MR) is 56.9 cm³/mol. The lowest BCUT2D eigenvalue weighted by atomic mass is 10.3. The minimum atomic E-state index is 0.665. The fraction of sp³-hybridized carbons (Fsp3) is 0.400. The van der Waals surface area contributed by atoms with Gasteiger partial charge in [0.25, 0.3) is 0 Å². The van der Waals surface area contributed by atoms with E-state index in [0.717, 1.165) is 29.8 Å². The molecule has 0 atom stereocenters. The van der Waals surface area contributed by atoms with Crippen molar-refractivity contribution in [3.05, 3.63) is 18.1 Å². The number of nitrogen functional groups attached to an aromatic ring is 1. The average molecular weight is 190 g/mol. The molecular weight excluding hydrogens is 176 g/mol. The lowest BCUT2D eigenvalue weighted by molar-refractivity contribution is 0.768. The SMILES string of the molecule is CCCc1nc2cc(N)cnc2n1C. The summed E-state index contributed by atoms with van der Waals surface area (Å²) in [5.74, 6) is 1.07. The van der Waals surface area contributed by atoms with Gasteiger partial charge in [0, 0.05) is 13.5 Å². The minimum absolute atomic E-state index is 0.665. The number of aryl methyl sites for hydroxylation is 2. The van der Waals surface area contributed by atoms with Crippen LogP contribution in [0.25, 0.3) is 11.2 Å². The summed E-state index contributed by atoms with van der Waals surface area (Å²) in [5, 5.41) is 0. The maximum absolute atomic E-state index is 5.65. The molecule has 2 aromatic heterocycles. The molecule has 2 rings (SSSR count). The van der Waals surface area contributed by atoms with E-state index in [2.05, 4.69) is 16.9 Å². The molecule has 2 heterocycles. The smallest absolute Gasteiger partial charge is 0.159 e. The largest absolute Gasteiger partial charge is 0.397 e. The van der Waals surface area contributed by atoms with Gasteiger partial charge in [-0.1, -0.05) is 6.92 Å². The number of pyridine rings is 1. The molecule has 0 bridgehead atoms. The van der Waals surface area contributed by atoms with Crippen molar-refractivity contribution in [1.82, 2.24) is 14.5 Å². The van der Waals surface area contributed by atoms with Gasteiger partial charge in [-0.25, -0.2) is 9.97 Å². The fourth-order valence-electron chi connectivity index (χ4n) is 1.59. The number of fused-ring (bicyclic) bond motifs is 1. The lowest BCUT2D eigenvalue weighted by Crippen LogP contribution is -1.97. The van der Waals surface area contributed by atoms with E-state index in [9.17, 15) is 0 Å². The molecule has 0 amide bonds. The normalized spacial score (nSPS) is 11.0. The average Bonchev–Trinajstić information content (AvgIpc) is 2.44. The van der Waals surface area contributed by atoms with Crippen molar-refractivity contribution in [2.75, 3.05) is 5.73 Å². The van der Waals surface area contributed by atoms with Gasteiger partial charge in [0.15, 0.2) is 5.65 Å². The molecule has 0 radical (unpaired) electrons. The van der Waals surface area contributed by atoms with E-state index in [-0.39, 0.29) is 0 Å². The Morgan fingerprint density at radius 1 is 1.50 bits per heavy atom. The molecule has 0 aromatic carbocycles. The van der Waals surface area contributed by atoms with Crippen LogP contribution in [-0.2, 0) is 13.5 Å². The van der Waals surface area contributed by atoms with E-state index in [0.29, 0.717) is 5.69 Å². The number of hydrogen-bond donors (Lipinski definition) is 1. The first-order valence-corrected chi connectivity index (χ1v) is 4.79. The van der Waals surface area contributed by atoms with Crippen molar-refractivity contribution in [2.24, 2.45) is 7.05 Å². The molecule has 74 valence electrons. The standard InChI is InChI=1S/C10H14N4/c1-3-4-9-13-8-5-7(11)6-12-10(8)14(9)2/h5-6H,3-4,11H2,1-2H3. The summed E-state index contributed by atoms with van der Waals surface area (Å²) in [6.45, 7) is 2.14. The Bertz CT molecular complexity index is 458. The van der Waals surface area contributed by atoms with Gasteiger partial charge in [-0.2, -0.15) is 0 Å². The lowest BCUT2D eigenvalue weighted by Gasteiger charge is -1.98. The molecule has 2 N–H and O–H groups in total. The van der Waals surface area contributed by atoms with Crippen LogP contribution in [0.1, 0.15) is 19.2 Å². The van der Waals surface area contributed by atoms with Crippen molar-refractivity contribution >= 4 is 16.9 Å². The molecule has 0 aliphatic rings. The van der Waals surface area contributed by atoms with Gasteiger partial charge in [0.1, 0.15) is 11.3 Å². The van der Waals surface area contributed by atoms with Crippen molar-refractivity contribution < 1.29 is 0 Å². The highest BCUT2D eigenvalue weighted by Gasteiger charge is 2.07. The van der Waals surface area contributed by atoms with Gasteiger partial charge in [0.05, 0.1) is 11.9 Å². The molecule has 0 unspecified atom stereocenters. The summed E-state index contributed by atoms with van der Waals surface area (Å²) in [6, 6.07) is 1.86. The molecule has 4 nitrogen and oxygen atoms in total. The number of rotatable bonds is 2. The first kappa shape index (κ1) is 8.99. The predicted octanol–water partition coefficient (Wildman–Crippen LogP) is 1.50. The van der Waals surface area contributed by atoms with Crippen molar-refractivity contribution in [3.63, 3.8) is 0 Å². The van der Waals surface area contributed by atoms with Crippen molar-refractivity contribution in [1.29, 1.82) is 0 Å². The highest BCUT2D eigenvalue weighted by Crippen LogP contribution is 2.15. The van der Waals surface area contributed by atoms with Gasteiger partial charge >= 0.3 is 0 Å². The van der Waals surface area contributed by atoms with E-state index in [4.69, 9.17) is 5.73 Å². The topological polar surface area (TPSA) is 56.7 Å². The Morgan fingerprint density at radius 2 is 2.29 bits per heavy atom. The summed E-state index contributed by atoms with van der Waals surface area (Å²) in [4.78, 5) is 8.74. The molecule has 0 saturated carbocycles. The molecule has 0 aliphatic carbocycles. The maximum Gasteiger partial charge on any atom is 0.159 e. The van der Waals surface area contributed by atoms with Crippen molar-refractivity contribution in [3.8, 4) is 0 Å². The second-order valence-electron chi connectivity index (χ2n) is 3.45. The van der Waals surface area contributed by atoms with E-state index in [1.807, 2.05) is 17.7 Å². The Labute approximate surface area is 82.8 Å². The third-order valence-corrected chi connectivity index (χ3v) is 2.30.